The highest BCUT2D eigenvalue weighted by Crippen LogP contribution is 2.65. The lowest BCUT2D eigenvalue weighted by atomic mass is 9.43. The second-order valence-corrected chi connectivity index (χ2v) is 14.3. The first-order chi connectivity index (χ1) is 21.1. The van der Waals surface area contributed by atoms with Crippen molar-refractivity contribution in [1.82, 2.24) is 5.32 Å². The number of hydrogen-bond donors (Lipinski definition) is 2. The van der Waals surface area contributed by atoms with Gasteiger partial charge in [0.15, 0.2) is 6.61 Å². The molecule has 3 N–H and O–H groups in total. The minimum atomic E-state index is -0.709. The Labute approximate surface area is 265 Å². The molecular formula is C34H45BN2O8. The van der Waals surface area contributed by atoms with Crippen LogP contribution in [-0.2, 0) is 36.5 Å². The maximum atomic E-state index is 13.6. The molecule has 5 unspecified atom stereocenters. The third-order valence-electron chi connectivity index (χ3n) is 9.65. The van der Waals surface area contributed by atoms with Gasteiger partial charge in [-0.3, -0.25) is 9.59 Å². The molecule has 10 nitrogen and oxygen atoms in total. The summed E-state index contributed by atoms with van der Waals surface area (Å²) in [6.45, 7) is 11.9. The number of primary amides is 1. The van der Waals surface area contributed by atoms with Crippen molar-refractivity contribution in [2.45, 2.75) is 90.5 Å². The second-order valence-electron chi connectivity index (χ2n) is 14.3. The molecule has 242 valence electrons. The maximum absolute atomic E-state index is 13.6. The molecule has 45 heavy (non-hydrogen) atoms. The summed E-state index contributed by atoms with van der Waals surface area (Å²) in [6.07, 6.45) is 2.29. The van der Waals surface area contributed by atoms with Crippen molar-refractivity contribution >= 4 is 24.9 Å². The summed E-state index contributed by atoms with van der Waals surface area (Å²) in [5.41, 5.74) is 5.94. The fourth-order valence-electron chi connectivity index (χ4n) is 7.35. The molecule has 2 bridgehead atoms. The molecule has 0 spiro atoms. The molecule has 3 aliphatic carbocycles. The number of methoxy groups -OCH3 is 1. The molecule has 3 saturated carbocycles. The topological polar surface area (TPSA) is 135 Å². The molecule has 11 heteroatoms. The van der Waals surface area contributed by atoms with E-state index in [2.05, 4.69) is 26.1 Å². The molecule has 1 saturated heterocycles. The molecule has 1 aliphatic heterocycles. The minimum Gasteiger partial charge on any atom is -0.496 e. The van der Waals surface area contributed by atoms with Gasteiger partial charge in [0.25, 0.3) is 5.91 Å². The first-order valence-corrected chi connectivity index (χ1v) is 15.6. The lowest BCUT2D eigenvalue weighted by molar-refractivity contribution is -0.199. The molecule has 0 aromatic heterocycles. The molecular weight excluding hydrogens is 575 g/mol. The largest absolute Gasteiger partial charge is 0.496 e. The number of benzene rings is 2. The van der Waals surface area contributed by atoms with Crippen LogP contribution in [0.5, 0.6) is 11.5 Å². The van der Waals surface area contributed by atoms with Crippen molar-refractivity contribution in [3.05, 3.63) is 59.2 Å². The van der Waals surface area contributed by atoms with Crippen LogP contribution in [0.3, 0.4) is 0 Å². The molecule has 2 aromatic carbocycles. The van der Waals surface area contributed by atoms with Crippen LogP contribution in [0.15, 0.2) is 42.5 Å². The summed E-state index contributed by atoms with van der Waals surface area (Å²) < 4.78 is 30.2. The first-order valence-electron chi connectivity index (χ1n) is 15.6. The summed E-state index contributed by atoms with van der Waals surface area (Å²) in [6, 6.07) is 12.3. The monoisotopic (exact) mass is 620 g/mol. The number of esters is 1. The normalized spacial score (nSPS) is 25.4. The fraction of sp³-hybridized carbons (Fsp3) is 0.559. The molecule has 2 amide bonds. The predicted molar refractivity (Wildman–Crippen MR) is 169 cm³/mol. The zero-order chi connectivity index (χ0) is 32.7. The number of nitrogens with one attached hydrogen (secondary N) is 1. The van der Waals surface area contributed by atoms with E-state index < -0.39 is 36.1 Å². The van der Waals surface area contributed by atoms with E-state index in [1.807, 2.05) is 32.9 Å². The smallest absolute Gasteiger partial charge is 0.482 e. The lowest BCUT2D eigenvalue weighted by Gasteiger charge is -2.64. The van der Waals surface area contributed by atoms with Crippen molar-refractivity contribution in [3.8, 4) is 11.5 Å². The van der Waals surface area contributed by atoms with Crippen LogP contribution >= 0.6 is 0 Å². The SMILES string of the molecule is COc1c(CC(NC(=O)Cc2cccc(OCC(N)=O)c2)B2OC3CC4CC(C4(C)C)C3(C)O2)cccc1C(=O)OC(C)(C)C. The van der Waals surface area contributed by atoms with Crippen LogP contribution in [0.4, 0.5) is 0 Å². The third kappa shape index (κ3) is 6.84. The highest BCUT2D eigenvalue weighted by molar-refractivity contribution is 6.48. The van der Waals surface area contributed by atoms with Gasteiger partial charge in [0.2, 0.25) is 5.91 Å². The second kappa shape index (κ2) is 12.3. The van der Waals surface area contributed by atoms with Gasteiger partial charge in [-0.1, -0.05) is 38.1 Å². The number of nitrogens with two attached hydrogens (primary N) is 1. The number of carbonyl (C=O) groups excluding carboxylic acids is 3. The molecule has 4 aliphatic rings. The van der Waals surface area contributed by atoms with E-state index in [1.165, 1.54) is 7.11 Å². The van der Waals surface area contributed by atoms with Crippen LogP contribution < -0.4 is 20.5 Å². The predicted octanol–water partition coefficient (Wildman–Crippen LogP) is 4.05. The van der Waals surface area contributed by atoms with Crippen molar-refractivity contribution in [2.24, 2.45) is 23.0 Å². The average molecular weight is 621 g/mol. The van der Waals surface area contributed by atoms with E-state index in [-0.39, 0.29) is 36.9 Å². The Morgan fingerprint density at radius 1 is 1.11 bits per heavy atom. The van der Waals surface area contributed by atoms with Crippen molar-refractivity contribution < 1.29 is 37.9 Å². The summed E-state index contributed by atoms with van der Waals surface area (Å²) in [5, 5.41) is 3.16. The van der Waals surface area contributed by atoms with Gasteiger partial charge in [0, 0.05) is 0 Å². The van der Waals surface area contributed by atoms with Gasteiger partial charge < -0.3 is 34.6 Å². The number of hydrogen-bond acceptors (Lipinski definition) is 8. The molecule has 0 radical (unpaired) electrons. The van der Waals surface area contributed by atoms with E-state index >= 15 is 0 Å². The van der Waals surface area contributed by atoms with Crippen LogP contribution in [-0.4, -0.2) is 61.9 Å². The number of para-hydroxylation sites is 1. The summed E-state index contributed by atoms with van der Waals surface area (Å²) >= 11 is 0. The van der Waals surface area contributed by atoms with Crippen LogP contribution in [0.25, 0.3) is 0 Å². The third-order valence-corrected chi connectivity index (χ3v) is 9.65. The number of amides is 2. The van der Waals surface area contributed by atoms with Crippen LogP contribution in [0, 0.1) is 17.3 Å². The first kappa shape index (κ1) is 32.8. The van der Waals surface area contributed by atoms with Gasteiger partial charge in [-0.15, -0.1) is 0 Å². The van der Waals surface area contributed by atoms with E-state index in [0.29, 0.717) is 40.0 Å². The van der Waals surface area contributed by atoms with Gasteiger partial charge in [0.05, 0.1) is 31.2 Å². The van der Waals surface area contributed by atoms with Gasteiger partial charge >= 0.3 is 13.1 Å². The van der Waals surface area contributed by atoms with Gasteiger partial charge in [-0.05, 0) is 93.5 Å². The van der Waals surface area contributed by atoms with E-state index in [0.717, 1.165) is 12.8 Å². The summed E-state index contributed by atoms with van der Waals surface area (Å²) in [7, 11) is 0.806. The highest BCUT2D eigenvalue weighted by atomic mass is 16.7. The molecule has 5 atom stereocenters. The maximum Gasteiger partial charge on any atom is 0.482 e. The Balaban J connectivity index is 1.40. The average Bonchev–Trinajstić information content (AvgIpc) is 3.32. The molecule has 6 rings (SSSR count). The van der Waals surface area contributed by atoms with Gasteiger partial charge in [-0.25, -0.2) is 4.79 Å². The van der Waals surface area contributed by atoms with E-state index in [4.69, 9.17) is 29.3 Å². The standard InChI is InChI=1S/C34H45BN2O8/c1-32(2,3)43-31(40)24-13-9-11-21(30(24)41-7)16-27(35-44-26-18-22-17-25(33(22,4)5)34(26,6)45-35)37-29(39)15-20-10-8-12-23(14-20)42-19-28(36)38/h8-14,22,25-27H,15-19H2,1-7H3,(H2,36,38)(H,37,39). The van der Waals surface area contributed by atoms with Crippen LogP contribution in [0.2, 0.25) is 0 Å². The Kier molecular flexibility index (Phi) is 8.99. The highest BCUT2D eigenvalue weighted by Gasteiger charge is 2.68. The number of carbonyl (C=O) groups is 3. The lowest BCUT2D eigenvalue weighted by Crippen LogP contribution is -2.65. The van der Waals surface area contributed by atoms with Crippen LogP contribution in [0.1, 0.15) is 75.9 Å². The molecule has 2 aromatic rings. The van der Waals surface area contributed by atoms with Crippen molar-refractivity contribution in [1.29, 1.82) is 0 Å². The summed E-state index contributed by atoms with van der Waals surface area (Å²) in [5.74, 6) is -0.152. The number of ether oxygens (including phenoxy) is 3. The van der Waals surface area contributed by atoms with E-state index in [1.54, 1.807) is 30.3 Å². The fourth-order valence-corrected chi connectivity index (χ4v) is 7.35. The number of rotatable bonds is 11. The van der Waals surface area contributed by atoms with Gasteiger partial charge in [-0.2, -0.15) is 0 Å². The quantitative estimate of drug-likeness (QED) is 0.284. The zero-order valence-corrected chi connectivity index (χ0v) is 27.3. The molecule has 1 heterocycles. The summed E-state index contributed by atoms with van der Waals surface area (Å²) in [4.78, 5) is 37.8. The Morgan fingerprint density at radius 3 is 2.51 bits per heavy atom. The van der Waals surface area contributed by atoms with Crippen molar-refractivity contribution in [3.63, 3.8) is 0 Å². The Hall–Kier alpha value is -3.57. The zero-order valence-electron chi connectivity index (χ0n) is 27.3. The molecule has 4 fully saturated rings. The Bertz CT molecular complexity index is 1460. The Morgan fingerprint density at radius 2 is 1.84 bits per heavy atom. The van der Waals surface area contributed by atoms with Gasteiger partial charge in [0.1, 0.15) is 22.7 Å². The van der Waals surface area contributed by atoms with E-state index in [9.17, 15) is 14.4 Å². The minimum absolute atomic E-state index is 0.0600. The van der Waals surface area contributed by atoms with Crippen molar-refractivity contribution in [2.75, 3.05) is 13.7 Å².